The molecular weight excluding hydrogens is 470 g/mol. The molecule has 0 unspecified atom stereocenters. The first-order valence-corrected chi connectivity index (χ1v) is 11.4. The summed E-state index contributed by atoms with van der Waals surface area (Å²) in [4.78, 5) is 12.1. The van der Waals surface area contributed by atoms with Crippen LogP contribution in [0.5, 0.6) is 0 Å². The van der Waals surface area contributed by atoms with E-state index in [9.17, 15) is 4.79 Å². The van der Waals surface area contributed by atoms with Crippen molar-refractivity contribution in [3.05, 3.63) is 86.6 Å². The molecule has 2 aromatic carbocycles. The fraction of sp³-hybridized carbons (Fsp3) is 0.182. The minimum absolute atomic E-state index is 0.127. The Kier molecular flexibility index (Phi) is 7.58. The van der Waals surface area contributed by atoms with Crippen LogP contribution < -0.4 is 5.43 Å². The van der Waals surface area contributed by atoms with Gasteiger partial charge in [-0.2, -0.15) is 5.10 Å². The molecule has 0 aliphatic rings. The van der Waals surface area contributed by atoms with Gasteiger partial charge in [-0.05, 0) is 43.7 Å². The van der Waals surface area contributed by atoms with E-state index in [4.69, 9.17) is 11.6 Å². The quantitative estimate of drug-likeness (QED) is 0.331. The zero-order valence-corrected chi connectivity index (χ0v) is 19.3. The van der Waals surface area contributed by atoms with Crippen molar-refractivity contribution >= 4 is 51.4 Å². The summed E-state index contributed by atoms with van der Waals surface area (Å²) in [6.07, 6.45) is 1.67. The van der Waals surface area contributed by atoms with Gasteiger partial charge < -0.3 is 4.57 Å². The van der Waals surface area contributed by atoms with Crippen LogP contribution in [0.25, 0.3) is 5.69 Å². The summed E-state index contributed by atoms with van der Waals surface area (Å²) in [5.74, 6) is 0.979. The molecule has 150 valence electrons. The van der Waals surface area contributed by atoms with Crippen LogP contribution in [0, 0.1) is 13.8 Å². The predicted octanol–water partition coefficient (Wildman–Crippen LogP) is 5.89. The highest BCUT2D eigenvalue weighted by molar-refractivity contribution is 9.10. The summed E-state index contributed by atoms with van der Waals surface area (Å²) in [5, 5.41) is 4.81. The van der Waals surface area contributed by atoms with Gasteiger partial charge in [0.15, 0.2) is 0 Å². The number of nitrogens with one attached hydrogen (secondary N) is 1. The number of hydrogen-bond acceptors (Lipinski definition) is 3. The number of hydrazone groups is 1. The summed E-state index contributed by atoms with van der Waals surface area (Å²) in [5.41, 5.74) is 7.69. The molecule has 1 amide bonds. The molecule has 3 rings (SSSR count). The van der Waals surface area contributed by atoms with E-state index < -0.39 is 0 Å². The van der Waals surface area contributed by atoms with E-state index in [1.54, 1.807) is 18.0 Å². The van der Waals surface area contributed by atoms with Gasteiger partial charge in [0.05, 0.1) is 22.7 Å². The van der Waals surface area contributed by atoms with Crippen LogP contribution in [0.3, 0.4) is 0 Å². The second kappa shape index (κ2) is 10.1. The van der Waals surface area contributed by atoms with Gasteiger partial charge in [-0.3, -0.25) is 4.79 Å². The average molecular weight is 491 g/mol. The fourth-order valence-corrected chi connectivity index (χ4v) is 4.65. The van der Waals surface area contributed by atoms with Crippen LogP contribution in [-0.4, -0.2) is 22.4 Å². The monoisotopic (exact) mass is 489 g/mol. The lowest BCUT2D eigenvalue weighted by atomic mass is 10.2. The van der Waals surface area contributed by atoms with Crippen LogP contribution >= 0.6 is 39.3 Å². The molecule has 7 heteroatoms. The molecule has 3 aromatic rings. The van der Waals surface area contributed by atoms with Crippen molar-refractivity contribution in [1.29, 1.82) is 0 Å². The first kappa shape index (κ1) is 21.7. The van der Waals surface area contributed by atoms with Crippen LogP contribution in [0.4, 0.5) is 0 Å². The molecular formula is C22H21BrClN3OS. The van der Waals surface area contributed by atoms with Crippen LogP contribution in [0.2, 0.25) is 5.02 Å². The smallest absolute Gasteiger partial charge is 0.250 e. The van der Waals surface area contributed by atoms with E-state index in [-0.39, 0.29) is 5.91 Å². The van der Waals surface area contributed by atoms with Gasteiger partial charge in [-0.25, -0.2) is 5.43 Å². The third-order valence-corrected chi connectivity index (χ3v) is 6.48. The first-order valence-electron chi connectivity index (χ1n) is 9.04. The first-order chi connectivity index (χ1) is 14.0. The van der Waals surface area contributed by atoms with Crippen molar-refractivity contribution in [3.63, 3.8) is 0 Å². The molecule has 4 nitrogen and oxygen atoms in total. The maximum absolute atomic E-state index is 12.1. The predicted molar refractivity (Wildman–Crippen MR) is 126 cm³/mol. The molecule has 0 fully saturated rings. The zero-order valence-electron chi connectivity index (χ0n) is 16.2. The number of amides is 1. The number of thioether (sulfide) groups is 1. The van der Waals surface area contributed by atoms with Gasteiger partial charge in [0, 0.05) is 27.2 Å². The van der Waals surface area contributed by atoms with E-state index in [1.807, 2.05) is 68.4 Å². The maximum Gasteiger partial charge on any atom is 0.250 e. The van der Waals surface area contributed by atoms with Crippen LogP contribution in [0.15, 0.2) is 64.2 Å². The molecule has 29 heavy (non-hydrogen) atoms. The highest BCUT2D eigenvalue weighted by atomic mass is 79.9. The number of aromatic nitrogens is 1. The number of hydrogen-bond donors (Lipinski definition) is 1. The Labute approximate surface area is 188 Å². The van der Waals surface area contributed by atoms with Crippen molar-refractivity contribution in [1.82, 2.24) is 9.99 Å². The van der Waals surface area contributed by atoms with Crippen molar-refractivity contribution in [3.8, 4) is 5.69 Å². The average Bonchev–Trinajstić information content (AvgIpc) is 2.97. The van der Waals surface area contributed by atoms with Crippen molar-refractivity contribution < 1.29 is 4.79 Å². The minimum Gasteiger partial charge on any atom is -0.316 e. The normalized spacial score (nSPS) is 11.2. The van der Waals surface area contributed by atoms with Gasteiger partial charge >= 0.3 is 0 Å². The molecule has 0 saturated heterocycles. The highest BCUT2D eigenvalue weighted by Gasteiger charge is 2.11. The van der Waals surface area contributed by atoms with Crippen LogP contribution in [0.1, 0.15) is 22.5 Å². The Morgan fingerprint density at radius 2 is 1.93 bits per heavy atom. The van der Waals surface area contributed by atoms with Crippen LogP contribution in [-0.2, 0) is 10.5 Å². The number of benzene rings is 2. The second-order valence-electron chi connectivity index (χ2n) is 6.49. The Bertz CT molecular complexity index is 1050. The zero-order chi connectivity index (χ0) is 20.8. The topological polar surface area (TPSA) is 46.4 Å². The van der Waals surface area contributed by atoms with Gasteiger partial charge in [-0.1, -0.05) is 57.9 Å². The van der Waals surface area contributed by atoms with Gasteiger partial charge in [-0.15, -0.1) is 11.8 Å². The van der Waals surface area contributed by atoms with E-state index in [1.165, 1.54) is 5.56 Å². The lowest BCUT2D eigenvalue weighted by Gasteiger charge is -2.11. The third kappa shape index (κ3) is 5.53. The molecule has 1 N–H and O–H groups in total. The fourth-order valence-electron chi connectivity index (χ4n) is 3.00. The molecule has 0 spiro atoms. The molecule has 0 aliphatic heterocycles. The van der Waals surface area contributed by atoms with Crippen molar-refractivity contribution in [2.75, 3.05) is 5.75 Å². The summed E-state index contributed by atoms with van der Waals surface area (Å²) in [6.45, 7) is 4.03. The molecule has 1 heterocycles. The number of aryl methyl sites for hydroxylation is 1. The summed E-state index contributed by atoms with van der Waals surface area (Å²) < 4.78 is 3.14. The van der Waals surface area contributed by atoms with Gasteiger partial charge in [0.25, 0.3) is 0 Å². The molecule has 0 radical (unpaired) electrons. The number of nitrogens with zero attached hydrogens (tertiary/aromatic N) is 2. The molecule has 0 bridgehead atoms. The lowest BCUT2D eigenvalue weighted by Crippen LogP contribution is -2.19. The van der Waals surface area contributed by atoms with Crippen molar-refractivity contribution in [2.24, 2.45) is 5.10 Å². The summed E-state index contributed by atoms with van der Waals surface area (Å²) in [6, 6.07) is 17.7. The number of carbonyl (C=O) groups is 1. The molecule has 0 atom stereocenters. The Morgan fingerprint density at radius 1 is 1.21 bits per heavy atom. The number of para-hydroxylation sites is 1. The van der Waals surface area contributed by atoms with E-state index in [0.29, 0.717) is 10.8 Å². The lowest BCUT2D eigenvalue weighted by molar-refractivity contribution is -0.118. The van der Waals surface area contributed by atoms with E-state index in [0.717, 1.165) is 32.9 Å². The Morgan fingerprint density at radius 3 is 2.69 bits per heavy atom. The number of carbonyl (C=O) groups excluding carboxylic acids is 1. The number of rotatable bonds is 7. The Balaban J connectivity index is 1.58. The third-order valence-electron chi connectivity index (χ3n) is 4.41. The largest absolute Gasteiger partial charge is 0.316 e. The number of halogens is 2. The minimum atomic E-state index is -0.127. The Hall–Kier alpha value is -2.02. The molecule has 0 aliphatic carbocycles. The van der Waals surface area contributed by atoms with Gasteiger partial charge in [0.1, 0.15) is 0 Å². The summed E-state index contributed by atoms with van der Waals surface area (Å²) >= 11 is 11.4. The van der Waals surface area contributed by atoms with E-state index in [2.05, 4.69) is 31.0 Å². The summed E-state index contributed by atoms with van der Waals surface area (Å²) in [7, 11) is 0. The molecule has 1 aromatic heterocycles. The molecule has 0 saturated carbocycles. The standard InChI is InChI=1S/C22H21BrClN3OS/c1-15-11-18(16(2)27(15)21-10-6-5-9-20(21)24)12-25-26-22(28)14-29-13-17-7-3-4-8-19(17)23/h3-12H,13-14H2,1-2H3,(H,26,28)/b25-12+. The maximum atomic E-state index is 12.1. The van der Waals surface area contributed by atoms with E-state index >= 15 is 0 Å². The SMILES string of the molecule is Cc1cc(/C=N/NC(=O)CSCc2ccccc2Br)c(C)n1-c1ccccc1Cl. The van der Waals surface area contributed by atoms with Crippen molar-refractivity contribution in [2.45, 2.75) is 19.6 Å². The second-order valence-corrected chi connectivity index (χ2v) is 8.74. The highest BCUT2D eigenvalue weighted by Crippen LogP contribution is 2.25. The van der Waals surface area contributed by atoms with Gasteiger partial charge in [0.2, 0.25) is 5.91 Å².